The number of hydrogen-bond donors (Lipinski definition) is 2. The van der Waals surface area contributed by atoms with Crippen molar-refractivity contribution < 1.29 is 19.1 Å². The van der Waals surface area contributed by atoms with Gasteiger partial charge < -0.3 is 10.1 Å². The van der Waals surface area contributed by atoms with Crippen molar-refractivity contribution >= 4 is 58.8 Å². The van der Waals surface area contributed by atoms with Gasteiger partial charge in [0.1, 0.15) is 5.75 Å². The molecule has 0 aliphatic carbocycles. The van der Waals surface area contributed by atoms with Crippen LogP contribution in [0.15, 0.2) is 71.8 Å². The summed E-state index contributed by atoms with van der Waals surface area (Å²) in [6, 6.07) is 17.3. The summed E-state index contributed by atoms with van der Waals surface area (Å²) in [5.41, 5.74) is 3.49. The molecule has 0 saturated heterocycles. The molecule has 0 radical (unpaired) electrons. The highest BCUT2D eigenvalue weighted by molar-refractivity contribution is 6.36. The summed E-state index contributed by atoms with van der Waals surface area (Å²) in [5.74, 6) is -1.25. The molecule has 0 aliphatic rings. The number of esters is 1. The van der Waals surface area contributed by atoms with Gasteiger partial charge in [0.2, 0.25) is 0 Å². The molecule has 2 N–H and O–H groups in total. The fourth-order valence-corrected chi connectivity index (χ4v) is 3.23. The van der Waals surface area contributed by atoms with Crippen molar-refractivity contribution in [1.82, 2.24) is 10.7 Å². The average Bonchev–Trinajstić information content (AvgIpc) is 2.78. The Morgan fingerprint density at radius 2 is 1.64 bits per heavy atom. The second kappa shape index (κ2) is 11.5. The van der Waals surface area contributed by atoms with E-state index >= 15 is 0 Å². The molecule has 0 heterocycles. The maximum absolute atomic E-state index is 12.2. The first-order valence-electron chi connectivity index (χ1n) is 9.45. The molecule has 168 valence electrons. The zero-order chi connectivity index (χ0) is 23.8. The Morgan fingerprint density at radius 3 is 2.33 bits per heavy atom. The minimum absolute atomic E-state index is 0.191. The lowest BCUT2D eigenvalue weighted by molar-refractivity contribution is -0.120. The topological polar surface area (TPSA) is 96.9 Å². The molecule has 3 aromatic carbocycles. The van der Waals surface area contributed by atoms with Gasteiger partial charge in [0.15, 0.2) is 0 Å². The predicted octanol–water partition coefficient (Wildman–Crippen LogP) is 4.75. The van der Waals surface area contributed by atoms with Gasteiger partial charge in [-0.2, -0.15) is 5.10 Å². The smallest absolute Gasteiger partial charge is 0.345 e. The molecule has 2 amide bonds. The number of benzene rings is 3. The lowest BCUT2D eigenvalue weighted by atomic mass is 10.2. The first kappa shape index (κ1) is 24.3. The van der Waals surface area contributed by atoms with Crippen molar-refractivity contribution in [2.24, 2.45) is 5.10 Å². The van der Waals surface area contributed by atoms with E-state index in [-0.39, 0.29) is 17.1 Å². The second-order valence-electron chi connectivity index (χ2n) is 6.57. The predicted molar refractivity (Wildman–Crippen MR) is 127 cm³/mol. The monoisotopic (exact) mass is 503 g/mol. The molecule has 0 unspecified atom stereocenters. The largest absolute Gasteiger partial charge is 0.423 e. The van der Waals surface area contributed by atoms with Crippen molar-refractivity contribution in [2.75, 3.05) is 6.54 Å². The van der Waals surface area contributed by atoms with Crippen molar-refractivity contribution in [1.29, 1.82) is 0 Å². The fourth-order valence-electron chi connectivity index (χ4n) is 2.55. The van der Waals surface area contributed by atoms with E-state index in [9.17, 15) is 14.4 Å². The highest BCUT2D eigenvalue weighted by Gasteiger charge is 2.13. The van der Waals surface area contributed by atoms with Crippen LogP contribution in [0.5, 0.6) is 5.75 Å². The number of carbonyl (C=O) groups excluding carboxylic acids is 3. The zero-order valence-corrected chi connectivity index (χ0v) is 19.1. The van der Waals surface area contributed by atoms with E-state index in [1.807, 2.05) is 0 Å². The quantitative estimate of drug-likeness (QED) is 0.210. The van der Waals surface area contributed by atoms with Crippen LogP contribution in [0.1, 0.15) is 26.3 Å². The summed E-state index contributed by atoms with van der Waals surface area (Å²) >= 11 is 17.7. The summed E-state index contributed by atoms with van der Waals surface area (Å²) in [5, 5.41) is 7.33. The molecule has 3 aromatic rings. The molecule has 0 atom stereocenters. The first-order chi connectivity index (χ1) is 15.8. The van der Waals surface area contributed by atoms with Crippen LogP contribution in [-0.4, -0.2) is 30.5 Å². The van der Waals surface area contributed by atoms with Crippen molar-refractivity contribution in [3.63, 3.8) is 0 Å². The van der Waals surface area contributed by atoms with Crippen molar-refractivity contribution in [2.45, 2.75) is 0 Å². The molecule has 0 aromatic heterocycles. The summed E-state index contributed by atoms with van der Waals surface area (Å²) < 4.78 is 5.29. The second-order valence-corrected chi connectivity index (χ2v) is 7.85. The Bertz CT molecular complexity index is 1210. The number of hydrogen-bond acceptors (Lipinski definition) is 5. The molecule has 33 heavy (non-hydrogen) atoms. The van der Waals surface area contributed by atoms with E-state index in [1.54, 1.807) is 48.5 Å². The molecule has 0 spiro atoms. The summed E-state index contributed by atoms with van der Waals surface area (Å²) in [7, 11) is 0. The van der Waals surface area contributed by atoms with Crippen LogP contribution in [0.3, 0.4) is 0 Å². The van der Waals surface area contributed by atoms with Crippen LogP contribution >= 0.6 is 34.8 Å². The zero-order valence-electron chi connectivity index (χ0n) is 16.8. The van der Waals surface area contributed by atoms with E-state index in [4.69, 9.17) is 39.5 Å². The third-order valence-corrected chi connectivity index (χ3v) is 4.92. The Labute approximate surface area is 204 Å². The lowest BCUT2D eigenvalue weighted by Gasteiger charge is -2.06. The van der Waals surface area contributed by atoms with E-state index < -0.39 is 17.8 Å². The molecule has 7 nitrogen and oxygen atoms in total. The SMILES string of the molecule is O=C(CNC(=O)c1cccc(Cl)c1)N/N=C/c1ccc(OC(=O)c2ccc(Cl)cc2Cl)cc1. The van der Waals surface area contributed by atoms with Crippen LogP contribution in [0, 0.1) is 0 Å². The Balaban J connectivity index is 1.47. The Morgan fingerprint density at radius 1 is 0.909 bits per heavy atom. The number of rotatable bonds is 7. The highest BCUT2D eigenvalue weighted by atomic mass is 35.5. The van der Waals surface area contributed by atoms with Gasteiger partial charge in [-0.1, -0.05) is 40.9 Å². The van der Waals surface area contributed by atoms with Gasteiger partial charge in [0, 0.05) is 15.6 Å². The van der Waals surface area contributed by atoms with E-state index in [0.29, 0.717) is 26.9 Å². The Hall–Kier alpha value is -3.39. The van der Waals surface area contributed by atoms with Gasteiger partial charge in [0.05, 0.1) is 23.3 Å². The molecular formula is C23H16Cl3N3O4. The number of halogens is 3. The molecule has 0 fully saturated rings. The third-order valence-electron chi connectivity index (χ3n) is 4.14. The van der Waals surface area contributed by atoms with E-state index in [2.05, 4.69) is 15.8 Å². The molecule has 3 rings (SSSR count). The van der Waals surface area contributed by atoms with Crippen LogP contribution in [0.2, 0.25) is 15.1 Å². The van der Waals surface area contributed by atoms with Crippen LogP contribution in [0.25, 0.3) is 0 Å². The van der Waals surface area contributed by atoms with Gasteiger partial charge in [-0.05, 0) is 66.2 Å². The number of ether oxygens (including phenoxy) is 1. The van der Waals surface area contributed by atoms with E-state index in [0.717, 1.165) is 0 Å². The van der Waals surface area contributed by atoms with Crippen molar-refractivity contribution in [3.05, 3.63) is 98.5 Å². The maximum atomic E-state index is 12.2. The van der Waals surface area contributed by atoms with Gasteiger partial charge in [-0.25, -0.2) is 10.2 Å². The van der Waals surface area contributed by atoms with Gasteiger partial charge in [-0.3, -0.25) is 9.59 Å². The average molecular weight is 505 g/mol. The fraction of sp³-hybridized carbons (Fsp3) is 0.0435. The van der Waals surface area contributed by atoms with Crippen molar-refractivity contribution in [3.8, 4) is 5.75 Å². The third kappa shape index (κ3) is 7.32. The van der Waals surface area contributed by atoms with Gasteiger partial charge in [-0.15, -0.1) is 0 Å². The lowest BCUT2D eigenvalue weighted by Crippen LogP contribution is -2.34. The molecule has 0 aliphatic heterocycles. The molecule has 0 saturated carbocycles. The van der Waals surface area contributed by atoms with Crippen LogP contribution in [0.4, 0.5) is 0 Å². The standard InChI is InChI=1S/C23H16Cl3N3O4/c24-16-3-1-2-15(10-16)22(31)27-13-21(30)29-28-12-14-4-7-18(8-5-14)33-23(32)19-9-6-17(25)11-20(19)26/h1-12H,13H2,(H,27,31)(H,29,30)/b28-12+. The highest BCUT2D eigenvalue weighted by Crippen LogP contribution is 2.23. The minimum atomic E-state index is -0.620. The summed E-state index contributed by atoms with van der Waals surface area (Å²) in [6.45, 7) is -0.259. The number of nitrogens with zero attached hydrogens (tertiary/aromatic N) is 1. The van der Waals surface area contributed by atoms with Gasteiger partial charge >= 0.3 is 5.97 Å². The number of amides is 2. The molecular weight excluding hydrogens is 489 g/mol. The normalized spacial score (nSPS) is 10.6. The van der Waals surface area contributed by atoms with Gasteiger partial charge in [0.25, 0.3) is 11.8 Å². The number of carbonyl (C=O) groups is 3. The molecule has 10 heteroatoms. The summed E-state index contributed by atoms with van der Waals surface area (Å²) in [4.78, 5) is 36.1. The maximum Gasteiger partial charge on any atom is 0.345 e. The number of nitrogens with one attached hydrogen (secondary N) is 2. The van der Waals surface area contributed by atoms with E-state index in [1.165, 1.54) is 24.4 Å². The summed E-state index contributed by atoms with van der Waals surface area (Å²) in [6.07, 6.45) is 1.40. The van der Waals surface area contributed by atoms with Crippen LogP contribution in [-0.2, 0) is 4.79 Å². The van der Waals surface area contributed by atoms with Crippen LogP contribution < -0.4 is 15.5 Å². The minimum Gasteiger partial charge on any atom is -0.423 e. The number of hydrazone groups is 1. The first-order valence-corrected chi connectivity index (χ1v) is 10.6. The molecule has 0 bridgehead atoms. The Kier molecular flexibility index (Phi) is 8.43.